The van der Waals surface area contributed by atoms with Gasteiger partial charge in [0.1, 0.15) is 0 Å². The lowest BCUT2D eigenvalue weighted by Crippen LogP contribution is -2.44. The third-order valence-corrected chi connectivity index (χ3v) is 12.0. The molecule has 0 spiro atoms. The maximum Gasteiger partial charge on any atom is 0.301 e. The molecule has 0 aliphatic heterocycles. The Kier molecular flexibility index (Phi) is 6.31. The van der Waals surface area contributed by atoms with E-state index in [0.29, 0.717) is 0 Å². The van der Waals surface area contributed by atoms with Crippen LogP contribution in [0.4, 0.5) is 0 Å². The lowest BCUT2D eigenvalue weighted by molar-refractivity contribution is 0.344. The second-order valence-electron chi connectivity index (χ2n) is 7.63. The molecular formula is C13H32O2Si3. The number of hydrogen-bond acceptors (Lipinski definition) is 2. The Balaban J connectivity index is 2.53. The van der Waals surface area contributed by atoms with Gasteiger partial charge in [-0.25, -0.2) is 0 Å². The van der Waals surface area contributed by atoms with Crippen LogP contribution in [0.5, 0.6) is 0 Å². The molecular weight excluding hydrogens is 272 g/mol. The maximum absolute atomic E-state index is 6.41. The van der Waals surface area contributed by atoms with Crippen molar-refractivity contribution in [3.63, 3.8) is 0 Å². The van der Waals surface area contributed by atoms with E-state index < -0.39 is 25.9 Å². The van der Waals surface area contributed by atoms with E-state index in [1.165, 1.54) is 38.1 Å². The monoisotopic (exact) mass is 304 g/mol. The highest BCUT2D eigenvalue weighted by Crippen LogP contribution is 2.29. The summed E-state index contributed by atoms with van der Waals surface area (Å²) in [4.78, 5) is 0. The first-order valence-electron chi connectivity index (χ1n) is 7.51. The molecule has 5 heteroatoms. The van der Waals surface area contributed by atoms with Crippen LogP contribution in [0.2, 0.25) is 45.3 Å². The summed E-state index contributed by atoms with van der Waals surface area (Å²) in [5, 5.41) is 0. The van der Waals surface area contributed by atoms with Gasteiger partial charge in [-0.2, -0.15) is 0 Å². The molecule has 18 heavy (non-hydrogen) atoms. The van der Waals surface area contributed by atoms with Crippen molar-refractivity contribution in [1.29, 1.82) is 0 Å². The first-order chi connectivity index (χ1) is 8.16. The van der Waals surface area contributed by atoms with Crippen LogP contribution in [-0.2, 0) is 8.23 Å². The van der Waals surface area contributed by atoms with Crippen molar-refractivity contribution >= 4 is 25.9 Å². The molecule has 1 saturated carbocycles. The minimum absolute atomic E-state index is 0.892. The Hall–Kier alpha value is 0.571. The maximum atomic E-state index is 6.41. The van der Waals surface area contributed by atoms with Crippen molar-refractivity contribution in [1.82, 2.24) is 0 Å². The smallest absolute Gasteiger partial charge is 0.301 e. The summed E-state index contributed by atoms with van der Waals surface area (Å²) in [6, 6.07) is 1.26. The normalized spacial score (nSPS) is 19.5. The Morgan fingerprint density at radius 1 is 0.833 bits per heavy atom. The molecule has 0 unspecified atom stereocenters. The van der Waals surface area contributed by atoms with Gasteiger partial charge >= 0.3 is 9.28 Å². The third-order valence-electron chi connectivity index (χ3n) is 3.22. The molecule has 1 aliphatic carbocycles. The number of rotatable bonds is 6. The summed E-state index contributed by atoms with van der Waals surface area (Å²) in [5.74, 6) is 0.892. The highest BCUT2D eigenvalue weighted by molar-refractivity contribution is 6.81. The van der Waals surface area contributed by atoms with Gasteiger partial charge in [0.15, 0.2) is 16.6 Å². The Labute approximate surface area is 118 Å². The van der Waals surface area contributed by atoms with Crippen molar-refractivity contribution < 1.29 is 8.23 Å². The fraction of sp³-hybridized carbons (Fsp3) is 1.00. The first-order valence-corrected chi connectivity index (χ1v) is 16.1. The van der Waals surface area contributed by atoms with Gasteiger partial charge in [0, 0.05) is 0 Å². The summed E-state index contributed by atoms with van der Waals surface area (Å²) in [5.41, 5.74) is 0. The topological polar surface area (TPSA) is 18.5 Å². The molecule has 0 N–H and O–H groups in total. The van der Waals surface area contributed by atoms with Crippen LogP contribution in [-0.4, -0.2) is 25.9 Å². The lowest BCUT2D eigenvalue weighted by atomic mass is 9.91. The van der Waals surface area contributed by atoms with Gasteiger partial charge in [-0.1, -0.05) is 32.1 Å². The van der Waals surface area contributed by atoms with E-state index in [0.717, 1.165) is 5.92 Å². The molecule has 0 heterocycles. The van der Waals surface area contributed by atoms with Gasteiger partial charge in [-0.15, -0.1) is 0 Å². The second-order valence-corrected chi connectivity index (χ2v) is 19.3. The van der Waals surface area contributed by atoms with Crippen LogP contribution < -0.4 is 0 Å². The van der Waals surface area contributed by atoms with E-state index in [2.05, 4.69) is 39.3 Å². The van der Waals surface area contributed by atoms with Gasteiger partial charge < -0.3 is 8.23 Å². The first kappa shape index (κ1) is 16.6. The van der Waals surface area contributed by atoms with E-state index in [4.69, 9.17) is 8.23 Å². The van der Waals surface area contributed by atoms with E-state index in [1.807, 2.05) is 0 Å². The lowest BCUT2D eigenvalue weighted by Gasteiger charge is -2.33. The highest BCUT2D eigenvalue weighted by atomic mass is 28.4. The van der Waals surface area contributed by atoms with Crippen LogP contribution in [0.15, 0.2) is 0 Å². The Morgan fingerprint density at radius 3 is 1.67 bits per heavy atom. The fourth-order valence-electron chi connectivity index (χ4n) is 2.60. The van der Waals surface area contributed by atoms with E-state index >= 15 is 0 Å². The summed E-state index contributed by atoms with van der Waals surface area (Å²) in [6.45, 7) is 13.8. The predicted octanol–water partition coefficient (Wildman–Crippen LogP) is 4.49. The van der Waals surface area contributed by atoms with Crippen molar-refractivity contribution in [2.45, 2.75) is 77.4 Å². The van der Waals surface area contributed by atoms with Crippen LogP contribution >= 0.6 is 0 Å². The van der Waals surface area contributed by atoms with Crippen molar-refractivity contribution in [2.75, 3.05) is 0 Å². The Bertz CT molecular complexity index is 224. The summed E-state index contributed by atoms with van der Waals surface area (Å²) >= 11 is 0. The zero-order valence-corrected chi connectivity index (χ0v) is 16.4. The van der Waals surface area contributed by atoms with Crippen LogP contribution in [0, 0.1) is 5.92 Å². The molecule has 0 bridgehead atoms. The Morgan fingerprint density at radius 2 is 1.28 bits per heavy atom. The summed E-state index contributed by atoms with van der Waals surface area (Å²) in [7, 11) is -4.32. The molecule has 0 atom stereocenters. The van der Waals surface area contributed by atoms with Gasteiger partial charge in [-0.05, 0) is 51.2 Å². The molecule has 0 amide bonds. The van der Waals surface area contributed by atoms with Gasteiger partial charge in [0.25, 0.3) is 0 Å². The van der Waals surface area contributed by atoms with E-state index in [1.54, 1.807) is 0 Å². The van der Waals surface area contributed by atoms with Crippen molar-refractivity contribution in [3.8, 4) is 0 Å². The minimum atomic E-state index is -1.45. The molecule has 0 saturated heterocycles. The highest BCUT2D eigenvalue weighted by Gasteiger charge is 2.31. The standard InChI is InChI=1S/C13H32O2Si3/c1-17(2,3)14-16(15-18(4,5)6)12-13-10-8-7-9-11-13/h13,16H,7-12H2,1-6H3. The quantitative estimate of drug-likeness (QED) is 0.673. The minimum Gasteiger partial charge on any atom is -0.439 e. The molecule has 1 rings (SSSR count). The van der Waals surface area contributed by atoms with Crippen molar-refractivity contribution in [2.24, 2.45) is 5.92 Å². The molecule has 1 fully saturated rings. The molecule has 0 radical (unpaired) electrons. The molecule has 0 aromatic carbocycles. The molecule has 2 nitrogen and oxygen atoms in total. The third kappa shape index (κ3) is 7.89. The van der Waals surface area contributed by atoms with E-state index in [9.17, 15) is 0 Å². The average molecular weight is 305 g/mol. The molecule has 0 aromatic heterocycles. The van der Waals surface area contributed by atoms with Gasteiger partial charge in [0.2, 0.25) is 0 Å². The van der Waals surface area contributed by atoms with Crippen LogP contribution in [0.25, 0.3) is 0 Å². The van der Waals surface area contributed by atoms with Gasteiger partial charge in [0.05, 0.1) is 0 Å². The predicted molar refractivity (Wildman–Crippen MR) is 87.4 cm³/mol. The average Bonchev–Trinajstić information content (AvgIpc) is 2.13. The zero-order valence-electron chi connectivity index (χ0n) is 13.2. The van der Waals surface area contributed by atoms with Crippen LogP contribution in [0.1, 0.15) is 32.1 Å². The second kappa shape index (κ2) is 6.83. The molecule has 0 aromatic rings. The largest absolute Gasteiger partial charge is 0.439 e. The molecule has 108 valence electrons. The van der Waals surface area contributed by atoms with Crippen molar-refractivity contribution in [3.05, 3.63) is 0 Å². The van der Waals surface area contributed by atoms with Crippen LogP contribution in [0.3, 0.4) is 0 Å². The summed E-state index contributed by atoms with van der Waals surface area (Å²) < 4.78 is 12.8. The van der Waals surface area contributed by atoms with Gasteiger partial charge in [-0.3, -0.25) is 0 Å². The fourth-order valence-corrected chi connectivity index (χ4v) is 11.3. The molecule has 1 aliphatic rings. The summed E-state index contributed by atoms with van der Waals surface area (Å²) in [6.07, 6.45) is 7.10. The zero-order chi connectivity index (χ0) is 13.8. The SMILES string of the molecule is C[Si](C)(C)O[SiH](CC1CCCCC1)O[Si](C)(C)C. The van der Waals surface area contributed by atoms with E-state index in [-0.39, 0.29) is 0 Å². The number of hydrogen-bond donors (Lipinski definition) is 0.